The fourth-order valence-corrected chi connectivity index (χ4v) is 17.4. The lowest BCUT2D eigenvalue weighted by atomic mass is 9.80. The minimum atomic E-state index is -0.189. The summed E-state index contributed by atoms with van der Waals surface area (Å²) >= 11 is 1.87. The molecule has 14 aromatic carbocycles. The third kappa shape index (κ3) is 9.93. The Morgan fingerprint density at radius 3 is 1.54 bits per heavy atom. The van der Waals surface area contributed by atoms with Gasteiger partial charge in [0.2, 0.25) is 0 Å². The van der Waals surface area contributed by atoms with E-state index in [2.05, 4.69) is 330 Å². The molecule has 8 heteroatoms. The molecule has 20 aromatic rings. The number of rotatable bonds is 9. The van der Waals surface area contributed by atoms with Crippen molar-refractivity contribution in [3.8, 4) is 101 Å². The molecule has 0 unspecified atom stereocenters. The van der Waals surface area contributed by atoms with Crippen LogP contribution < -0.4 is 0 Å². The number of nitrogens with zero attached hydrogens (tertiary/aromatic N) is 6. The third-order valence-corrected chi connectivity index (χ3v) is 22.1. The van der Waals surface area contributed by atoms with Gasteiger partial charge in [-0.05, 0) is 129 Å². The zero-order chi connectivity index (χ0) is 68.3. The number of hydrogen-bond donors (Lipinski definition) is 0. The lowest BCUT2D eigenvalue weighted by Crippen LogP contribution is -2.15. The number of benzene rings is 14. The molecule has 0 radical (unpaired) electrons. The smallest absolute Gasteiger partial charge is 0.160 e. The minimum absolute atomic E-state index is 0.189. The van der Waals surface area contributed by atoms with Gasteiger partial charge in [0.15, 0.2) is 11.6 Å². The largest absolute Gasteiger partial charge is 0.455 e. The van der Waals surface area contributed by atoms with Gasteiger partial charge in [0, 0.05) is 109 Å². The molecule has 0 saturated carbocycles. The van der Waals surface area contributed by atoms with Crippen LogP contribution in [0.3, 0.4) is 0 Å². The maximum absolute atomic E-state index is 6.43. The molecule has 484 valence electrons. The molecule has 0 saturated heterocycles. The van der Waals surface area contributed by atoms with Gasteiger partial charge in [0.05, 0.1) is 33.5 Å². The monoisotopic (exact) mass is 1330 g/mol. The standard InChI is InChI=1S/C49H35N3.C46H27N3OS/c1-49(2)41-27-24-35(32-15-7-3-8-16-32)29-40(41)38-26-28-44-46(47(38)49)39-25-23-36(30-45(39)52(44)37-21-13-6-14-22-37)48-50-42(33-17-9-4-10-18-33)31-43(51-48)34-19-11-5-12-20-34;1-2-9-28(10-3-1)29-11-6-12-32(25-29)49-39-22-21-37-35-19-17-30(33-14-7-15-36-34-13-4-5-16-41(34)50-44(33)36)27-42(35)51-45(37)43(39)38-20-18-31(26-40(38)49)46-47-23-8-24-48-46/h3-31H,1-2H3;1-27H. The fraction of sp³-hybridized carbons (Fsp3) is 0.0316. The molecule has 0 aliphatic heterocycles. The second kappa shape index (κ2) is 24.1. The van der Waals surface area contributed by atoms with Crippen molar-refractivity contribution in [2.75, 3.05) is 0 Å². The second-order valence-corrected chi connectivity index (χ2v) is 28.3. The SMILES string of the molecule is CC1(C)c2ccc(-c3ccccc3)cc2-c2ccc3c(c21)c1ccc(-c2nc(-c4ccccc4)cc(-c4ccccc4)n2)cc1n3-c1ccccc1.c1ccc(-c2cccc(-n3c4cc(-c5ncccn5)ccc4c4c5sc6cc(-c7cccc8c7oc7ccccc78)ccc6c5ccc43)c2)cc1. The van der Waals surface area contributed by atoms with Crippen LogP contribution in [0.15, 0.2) is 344 Å². The Bertz CT molecular complexity index is 6680. The van der Waals surface area contributed by atoms with Crippen molar-refractivity contribution in [3.63, 3.8) is 0 Å². The first kappa shape index (κ1) is 59.9. The molecular weight excluding hydrogens is 1270 g/mol. The van der Waals surface area contributed by atoms with Crippen LogP contribution in [0, 0.1) is 0 Å². The molecule has 0 bridgehead atoms. The summed E-state index contributed by atoms with van der Waals surface area (Å²) in [4.78, 5) is 19.5. The highest BCUT2D eigenvalue weighted by molar-refractivity contribution is 7.26. The van der Waals surface area contributed by atoms with Crippen LogP contribution in [0.25, 0.3) is 187 Å². The summed E-state index contributed by atoms with van der Waals surface area (Å²) < 4.78 is 13.8. The number of fused-ring (bicyclic) bond motifs is 17. The molecule has 21 rings (SSSR count). The fourth-order valence-electron chi connectivity index (χ4n) is 16.1. The Balaban J connectivity index is 0.000000138. The van der Waals surface area contributed by atoms with E-state index in [1.807, 2.05) is 41.7 Å². The minimum Gasteiger partial charge on any atom is -0.455 e. The van der Waals surface area contributed by atoms with E-state index in [0.717, 1.165) is 89.1 Å². The zero-order valence-electron chi connectivity index (χ0n) is 56.3. The Kier molecular flexibility index (Phi) is 14.0. The van der Waals surface area contributed by atoms with Crippen molar-refractivity contribution in [1.29, 1.82) is 0 Å². The summed E-state index contributed by atoms with van der Waals surface area (Å²) in [6.07, 6.45) is 3.60. The van der Waals surface area contributed by atoms with Crippen molar-refractivity contribution < 1.29 is 4.42 Å². The first-order valence-electron chi connectivity index (χ1n) is 35.0. The molecule has 103 heavy (non-hydrogen) atoms. The van der Waals surface area contributed by atoms with Crippen LogP contribution in [0.4, 0.5) is 0 Å². The van der Waals surface area contributed by atoms with Gasteiger partial charge in [0.1, 0.15) is 11.2 Å². The average molecular weight is 1340 g/mol. The molecule has 7 nitrogen and oxygen atoms in total. The van der Waals surface area contributed by atoms with E-state index in [1.165, 1.54) is 97.3 Å². The second-order valence-electron chi connectivity index (χ2n) is 27.2. The number of thiophene rings is 1. The van der Waals surface area contributed by atoms with Gasteiger partial charge in [-0.3, -0.25) is 0 Å². The van der Waals surface area contributed by atoms with E-state index < -0.39 is 0 Å². The highest BCUT2D eigenvalue weighted by atomic mass is 32.1. The summed E-state index contributed by atoms with van der Waals surface area (Å²) in [7, 11) is 0. The van der Waals surface area contributed by atoms with Crippen LogP contribution in [-0.4, -0.2) is 29.1 Å². The summed E-state index contributed by atoms with van der Waals surface area (Å²) in [6.45, 7) is 4.76. The summed E-state index contributed by atoms with van der Waals surface area (Å²) in [5.41, 5.74) is 26.9. The Morgan fingerprint density at radius 2 is 0.845 bits per heavy atom. The topological polar surface area (TPSA) is 74.6 Å². The van der Waals surface area contributed by atoms with Crippen LogP contribution in [0.1, 0.15) is 25.0 Å². The average Bonchev–Trinajstić information content (AvgIpc) is 1.54. The molecule has 0 atom stereocenters. The molecule has 0 N–H and O–H groups in total. The van der Waals surface area contributed by atoms with Gasteiger partial charge in [-0.15, -0.1) is 11.3 Å². The van der Waals surface area contributed by atoms with E-state index in [4.69, 9.17) is 14.4 Å². The quantitative estimate of drug-likeness (QED) is 0.144. The highest BCUT2D eigenvalue weighted by Crippen LogP contribution is 2.55. The van der Waals surface area contributed by atoms with E-state index in [9.17, 15) is 0 Å². The molecule has 6 aromatic heterocycles. The predicted octanol–water partition coefficient (Wildman–Crippen LogP) is 25.4. The van der Waals surface area contributed by atoms with Gasteiger partial charge in [-0.25, -0.2) is 19.9 Å². The van der Waals surface area contributed by atoms with Gasteiger partial charge >= 0.3 is 0 Å². The lowest BCUT2D eigenvalue weighted by Gasteiger charge is -2.23. The van der Waals surface area contributed by atoms with Crippen LogP contribution >= 0.6 is 11.3 Å². The number of hydrogen-bond acceptors (Lipinski definition) is 6. The maximum atomic E-state index is 6.43. The first-order chi connectivity index (χ1) is 50.8. The van der Waals surface area contributed by atoms with Gasteiger partial charge < -0.3 is 13.6 Å². The van der Waals surface area contributed by atoms with Crippen LogP contribution in [-0.2, 0) is 5.41 Å². The van der Waals surface area contributed by atoms with Crippen molar-refractivity contribution in [2.45, 2.75) is 19.3 Å². The molecule has 6 heterocycles. The number of furan rings is 1. The van der Waals surface area contributed by atoms with Gasteiger partial charge in [0.25, 0.3) is 0 Å². The molecule has 0 amide bonds. The lowest BCUT2D eigenvalue weighted by molar-refractivity contribution is 0.666. The van der Waals surface area contributed by atoms with Crippen molar-refractivity contribution in [1.82, 2.24) is 29.1 Å². The van der Waals surface area contributed by atoms with Crippen molar-refractivity contribution in [2.24, 2.45) is 0 Å². The molecule has 1 aliphatic rings. The third-order valence-electron chi connectivity index (χ3n) is 20.9. The number of para-hydroxylation sites is 3. The number of aromatic nitrogens is 6. The van der Waals surface area contributed by atoms with Crippen molar-refractivity contribution in [3.05, 3.63) is 351 Å². The maximum Gasteiger partial charge on any atom is 0.160 e. The molecule has 1 aliphatic carbocycles. The van der Waals surface area contributed by atoms with E-state index >= 15 is 0 Å². The Labute approximate surface area is 598 Å². The Hall–Kier alpha value is -13.1. The van der Waals surface area contributed by atoms with Crippen molar-refractivity contribution >= 4 is 97.1 Å². The first-order valence-corrected chi connectivity index (χ1v) is 35.8. The van der Waals surface area contributed by atoms with E-state index in [0.29, 0.717) is 11.6 Å². The van der Waals surface area contributed by atoms with Gasteiger partial charge in [-0.2, -0.15) is 0 Å². The zero-order valence-corrected chi connectivity index (χ0v) is 57.1. The van der Waals surface area contributed by atoms with Gasteiger partial charge in [-0.1, -0.05) is 263 Å². The molecule has 0 fully saturated rings. The van der Waals surface area contributed by atoms with Crippen LogP contribution in [0.2, 0.25) is 0 Å². The summed E-state index contributed by atoms with van der Waals surface area (Å²) in [5, 5.41) is 9.81. The predicted molar refractivity (Wildman–Crippen MR) is 429 cm³/mol. The highest BCUT2D eigenvalue weighted by Gasteiger charge is 2.39. The van der Waals surface area contributed by atoms with E-state index in [-0.39, 0.29) is 5.41 Å². The van der Waals surface area contributed by atoms with Crippen LogP contribution in [0.5, 0.6) is 0 Å². The molecular formula is C95H62N6OS. The summed E-state index contributed by atoms with van der Waals surface area (Å²) in [5.74, 6) is 1.42. The Morgan fingerprint density at radius 1 is 0.320 bits per heavy atom. The normalized spacial score (nSPS) is 12.4. The molecule has 0 spiro atoms. The summed E-state index contributed by atoms with van der Waals surface area (Å²) in [6, 6.07) is 117. The van der Waals surface area contributed by atoms with E-state index in [1.54, 1.807) is 12.4 Å².